The van der Waals surface area contributed by atoms with Crippen LogP contribution in [0.25, 0.3) is 0 Å². The number of carbonyl (C=O) groups excluding carboxylic acids is 2. The van der Waals surface area contributed by atoms with E-state index in [1.54, 1.807) is 13.2 Å². The summed E-state index contributed by atoms with van der Waals surface area (Å²) in [4.78, 5) is 39.3. The number of nitrogens with one attached hydrogen (secondary N) is 2. The summed E-state index contributed by atoms with van der Waals surface area (Å²) < 4.78 is 0. The van der Waals surface area contributed by atoms with Crippen LogP contribution < -0.4 is 10.6 Å². The van der Waals surface area contributed by atoms with Gasteiger partial charge in [-0.3, -0.25) is 19.5 Å². The van der Waals surface area contributed by atoms with E-state index in [1.807, 2.05) is 13.0 Å². The molecule has 1 saturated heterocycles. The van der Waals surface area contributed by atoms with Gasteiger partial charge in [-0.25, -0.2) is 9.97 Å². The average molecular weight is 368 g/mol. The number of carbonyl (C=O) groups is 2. The fourth-order valence-electron chi connectivity index (χ4n) is 4.47. The molecule has 4 unspecified atom stereocenters. The van der Waals surface area contributed by atoms with Crippen LogP contribution in [0.5, 0.6) is 0 Å². The van der Waals surface area contributed by atoms with Gasteiger partial charge in [-0.15, -0.1) is 0 Å². The standard InChI is InChI=1S/C19H24N6O2/c1-11-21-6-5-14(24-11)10-23-19(20-2)22-7-8-25-17(26)15-12-3-4-13(9-12)16(15)18(25)27/h3-6,12-13,15-16H,7-10H2,1-2H3,(H2,20,22,23). The molecule has 1 aromatic heterocycles. The highest BCUT2D eigenvalue weighted by Gasteiger charge is 2.58. The lowest BCUT2D eigenvalue weighted by molar-refractivity contribution is -0.140. The average Bonchev–Trinajstić information content (AvgIpc) is 3.34. The summed E-state index contributed by atoms with van der Waals surface area (Å²) in [6, 6.07) is 1.84. The van der Waals surface area contributed by atoms with E-state index in [2.05, 4.69) is 37.7 Å². The zero-order valence-electron chi connectivity index (χ0n) is 15.6. The van der Waals surface area contributed by atoms with Gasteiger partial charge in [-0.1, -0.05) is 12.2 Å². The molecule has 2 bridgehead atoms. The largest absolute Gasteiger partial charge is 0.355 e. The Morgan fingerprint density at radius 2 is 1.93 bits per heavy atom. The van der Waals surface area contributed by atoms with Crippen molar-refractivity contribution in [2.45, 2.75) is 19.9 Å². The molecule has 3 aliphatic rings. The number of aliphatic imine (C=N–C) groups is 1. The number of amides is 2. The minimum Gasteiger partial charge on any atom is -0.355 e. The third kappa shape index (κ3) is 3.20. The van der Waals surface area contributed by atoms with Crippen LogP contribution in [0.1, 0.15) is 17.9 Å². The van der Waals surface area contributed by atoms with Gasteiger partial charge in [-0.05, 0) is 31.2 Å². The number of imide groups is 1. The molecule has 2 N–H and O–H groups in total. The number of aryl methyl sites for hydroxylation is 1. The molecule has 1 aromatic rings. The number of allylic oxidation sites excluding steroid dienone is 2. The Balaban J connectivity index is 1.28. The second-order valence-corrected chi connectivity index (χ2v) is 7.28. The quantitative estimate of drug-likeness (QED) is 0.335. The topological polar surface area (TPSA) is 99.6 Å². The lowest BCUT2D eigenvalue weighted by atomic mass is 9.85. The molecule has 2 amide bonds. The molecular formula is C19H24N6O2. The Hall–Kier alpha value is -2.77. The zero-order valence-corrected chi connectivity index (χ0v) is 15.6. The molecule has 2 fully saturated rings. The Kier molecular flexibility index (Phi) is 4.63. The minimum atomic E-state index is -0.133. The normalized spacial score (nSPS) is 28.8. The summed E-state index contributed by atoms with van der Waals surface area (Å²) in [6.07, 6.45) is 6.90. The molecule has 4 rings (SSSR count). The smallest absolute Gasteiger partial charge is 0.233 e. The fraction of sp³-hybridized carbons (Fsp3) is 0.526. The van der Waals surface area contributed by atoms with Crippen molar-refractivity contribution in [1.82, 2.24) is 25.5 Å². The maximum atomic E-state index is 12.7. The van der Waals surface area contributed by atoms with Crippen molar-refractivity contribution in [2.75, 3.05) is 20.1 Å². The highest BCUT2D eigenvalue weighted by Crippen LogP contribution is 2.52. The Bertz CT molecular complexity index is 790. The van der Waals surface area contributed by atoms with Gasteiger partial charge in [0, 0.05) is 26.3 Å². The maximum absolute atomic E-state index is 12.7. The minimum absolute atomic E-state index is 0.0111. The van der Waals surface area contributed by atoms with Crippen LogP contribution in [0, 0.1) is 30.6 Å². The molecule has 2 aliphatic carbocycles. The summed E-state index contributed by atoms with van der Waals surface area (Å²) in [7, 11) is 1.68. The first-order valence-electron chi connectivity index (χ1n) is 9.35. The number of hydrogen-bond acceptors (Lipinski definition) is 5. The lowest BCUT2D eigenvalue weighted by Gasteiger charge is -2.18. The molecule has 0 aromatic carbocycles. The van der Waals surface area contributed by atoms with Crippen LogP contribution in [0.2, 0.25) is 0 Å². The second kappa shape index (κ2) is 7.09. The van der Waals surface area contributed by atoms with Gasteiger partial charge in [0.25, 0.3) is 0 Å². The number of likely N-dealkylation sites (tertiary alicyclic amines) is 1. The summed E-state index contributed by atoms with van der Waals surface area (Å²) in [6.45, 7) is 3.18. The van der Waals surface area contributed by atoms with Crippen molar-refractivity contribution in [1.29, 1.82) is 0 Å². The molecule has 142 valence electrons. The van der Waals surface area contributed by atoms with Crippen molar-refractivity contribution >= 4 is 17.8 Å². The van der Waals surface area contributed by atoms with E-state index in [0.29, 0.717) is 25.6 Å². The molecule has 8 nitrogen and oxygen atoms in total. The summed E-state index contributed by atoms with van der Waals surface area (Å²) in [5.41, 5.74) is 0.867. The van der Waals surface area contributed by atoms with Gasteiger partial charge < -0.3 is 10.6 Å². The Morgan fingerprint density at radius 3 is 2.56 bits per heavy atom. The molecule has 8 heteroatoms. The molecule has 4 atom stereocenters. The number of guanidine groups is 1. The van der Waals surface area contributed by atoms with Crippen molar-refractivity contribution in [2.24, 2.45) is 28.7 Å². The molecular weight excluding hydrogens is 344 g/mol. The predicted octanol–water partition coefficient (Wildman–Crippen LogP) is 0.257. The first-order chi connectivity index (χ1) is 13.1. The highest BCUT2D eigenvalue weighted by atomic mass is 16.2. The molecule has 1 aliphatic heterocycles. The van der Waals surface area contributed by atoms with E-state index in [-0.39, 0.29) is 35.5 Å². The fourth-order valence-corrected chi connectivity index (χ4v) is 4.47. The van der Waals surface area contributed by atoms with Crippen molar-refractivity contribution in [3.8, 4) is 0 Å². The predicted molar refractivity (Wildman–Crippen MR) is 99.4 cm³/mol. The molecule has 0 spiro atoms. The number of nitrogens with zero attached hydrogens (tertiary/aromatic N) is 4. The molecule has 2 heterocycles. The number of hydrogen-bond donors (Lipinski definition) is 2. The third-order valence-corrected chi connectivity index (χ3v) is 5.68. The Morgan fingerprint density at radius 1 is 1.22 bits per heavy atom. The first kappa shape index (κ1) is 17.6. The van der Waals surface area contributed by atoms with Crippen molar-refractivity contribution in [3.63, 3.8) is 0 Å². The third-order valence-electron chi connectivity index (χ3n) is 5.68. The van der Waals surface area contributed by atoms with Crippen LogP contribution in [-0.4, -0.2) is 52.8 Å². The maximum Gasteiger partial charge on any atom is 0.233 e. The van der Waals surface area contributed by atoms with Gasteiger partial charge in [0.15, 0.2) is 5.96 Å². The monoisotopic (exact) mass is 368 g/mol. The van der Waals surface area contributed by atoms with Gasteiger partial charge in [0.2, 0.25) is 11.8 Å². The number of rotatable bonds is 5. The van der Waals surface area contributed by atoms with E-state index in [0.717, 1.165) is 17.9 Å². The van der Waals surface area contributed by atoms with Gasteiger partial charge in [0.05, 0.1) is 24.1 Å². The van der Waals surface area contributed by atoms with Crippen molar-refractivity contribution < 1.29 is 9.59 Å². The van der Waals surface area contributed by atoms with Gasteiger partial charge >= 0.3 is 0 Å². The van der Waals surface area contributed by atoms with E-state index < -0.39 is 0 Å². The number of aromatic nitrogens is 2. The zero-order chi connectivity index (χ0) is 19.0. The van der Waals surface area contributed by atoms with Crippen molar-refractivity contribution in [3.05, 3.63) is 35.9 Å². The van der Waals surface area contributed by atoms with Crippen LogP contribution in [-0.2, 0) is 16.1 Å². The van der Waals surface area contributed by atoms with Crippen LogP contribution >= 0.6 is 0 Å². The first-order valence-corrected chi connectivity index (χ1v) is 9.35. The molecule has 27 heavy (non-hydrogen) atoms. The number of fused-ring (bicyclic) bond motifs is 5. The van der Waals surface area contributed by atoms with Crippen LogP contribution in [0.4, 0.5) is 0 Å². The molecule has 1 saturated carbocycles. The SMILES string of the molecule is CN=C(NCCN1C(=O)C2C3C=CC(C3)C2C1=O)NCc1ccnc(C)n1. The second-order valence-electron chi connectivity index (χ2n) is 7.28. The van der Waals surface area contributed by atoms with Crippen LogP contribution in [0.3, 0.4) is 0 Å². The van der Waals surface area contributed by atoms with Gasteiger partial charge in [0.1, 0.15) is 5.82 Å². The summed E-state index contributed by atoms with van der Waals surface area (Å²) in [5.74, 6) is 1.54. The van der Waals surface area contributed by atoms with Gasteiger partial charge in [-0.2, -0.15) is 0 Å². The molecule has 0 radical (unpaired) electrons. The highest BCUT2D eigenvalue weighted by molar-refractivity contribution is 6.06. The Labute approximate surface area is 158 Å². The lowest BCUT2D eigenvalue weighted by Crippen LogP contribution is -2.43. The van der Waals surface area contributed by atoms with E-state index >= 15 is 0 Å². The summed E-state index contributed by atoms with van der Waals surface area (Å²) >= 11 is 0. The van der Waals surface area contributed by atoms with Crippen LogP contribution in [0.15, 0.2) is 29.4 Å². The van der Waals surface area contributed by atoms with E-state index in [1.165, 1.54) is 4.90 Å². The van der Waals surface area contributed by atoms with E-state index in [4.69, 9.17) is 0 Å². The summed E-state index contributed by atoms with van der Waals surface area (Å²) in [5, 5.41) is 6.33. The van der Waals surface area contributed by atoms with E-state index in [9.17, 15) is 9.59 Å².